The Balaban J connectivity index is 1.71. The van der Waals surface area contributed by atoms with E-state index >= 15 is 0 Å². The number of hydrogen-bond acceptors (Lipinski definition) is 2. The summed E-state index contributed by atoms with van der Waals surface area (Å²) in [6.45, 7) is 1.19. The number of halogens is 1. The van der Waals surface area contributed by atoms with Crippen molar-refractivity contribution in [2.45, 2.75) is 82.8 Å². The molecule has 0 bridgehead atoms. The van der Waals surface area contributed by atoms with Crippen LogP contribution in [-0.4, -0.2) is 17.0 Å². The van der Waals surface area contributed by atoms with Gasteiger partial charge in [-0.15, -0.1) is 11.3 Å². The van der Waals surface area contributed by atoms with Gasteiger partial charge in [-0.2, -0.15) is 0 Å². The fourth-order valence-electron chi connectivity index (χ4n) is 4.00. The second-order valence-corrected chi connectivity index (χ2v) is 8.40. The molecule has 2 saturated carbocycles. The summed E-state index contributed by atoms with van der Waals surface area (Å²) in [4.78, 5) is 4.42. The van der Waals surface area contributed by atoms with Gasteiger partial charge in [0.1, 0.15) is 0 Å². The Morgan fingerprint density at radius 1 is 0.950 bits per heavy atom. The Hall–Kier alpha value is 0.140. The second-order valence-electron chi connectivity index (χ2n) is 6.49. The van der Waals surface area contributed by atoms with E-state index < -0.39 is 0 Å². The lowest BCUT2D eigenvalue weighted by molar-refractivity contribution is 0.0741. The van der Waals surface area contributed by atoms with Gasteiger partial charge in [0.25, 0.3) is 0 Å². The van der Waals surface area contributed by atoms with E-state index in [0.29, 0.717) is 0 Å². The molecule has 0 aromatic carbocycles. The van der Waals surface area contributed by atoms with Crippen LogP contribution >= 0.6 is 27.3 Å². The van der Waals surface area contributed by atoms with Gasteiger partial charge < -0.3 is 0 Å². The van der Waals surface area contributed by atoms with Crippen molar-refractivity contribution in [2.75, 3.05) is 0 Å². The molecule has 20 heavy (non-hydrogen) atoms. The topological polar surface area (TPSA) is 3.24 Å². The summed E-state index contributed by atoms with van der Waals surface area (Å²) in [5, 5.41) is 2.23. The second kappa shape index (κ2) is 7.42. The lowest BCUT2D eigenvalue weighted by Gasteiger charge is -2.41. The Morgan fingerprint density at radius 2 is 1.50 bits per heavy atom. The van der Waals surface area contributed by atoms with Gasteiger partial charge in [-0.05, 0) is 47.7 Å². The molecule has 1 heterocycles. The smallest absolute Gasteiger partial charge is 0.0334 e. The summed E-state index contributed by atoms with van der Waals surface area (Å²) >= 11 is 5.52. The van der Waals surface area contributed by atoms with Crippen molar-refractivity contribution in [3.63, 3.8) is 0 Å². The molecule has 1 aromatic heterocycles. The van der Waals surface area contributed by atoms with Crippen molar-refractivity contribution in [2.24, 2.45) is 0 Å². The van der Waals surface area contributed by atoms with E-state index in [4.69, 9.17) is 0 Å². The van der Waals surface area contributed by atoms with Gasteiger partial charge in [0.15, 0.2) is 0 Å². The number of hydrogen-bond donors (Lipinski definition) is 0. The fraction of sp³-hybridized carbons (Fsp3) is 0.765. The minimum Gasteiger partial charge on any atom is -0.292 e. The average molecular weight is 356 g/mol. The largest absolute Gasteiger partial charge is 0.292 e. The van der Waals surface area contributed by atoms with Gasteiger partial charge in [0.05, 0.1) is 0 Å². The molecule has 0 N–H and O–H groups in total. The van der Waals surface area contributed by atoms with Gasteiger partial charge in [-0.3, -0.25) is 4.90 Å². The molecule has 0 unspecified atom stereocenters. The zero-order valence-electron chi connectivity index (χ0n) is 12.3. The molecule has 0 amide bonds. The fourth-order valence-corrected chi connectivity index (χ4v) is 5.46. The molecule has 1 nitrogen and oxygen atoms in total. The Morgan fingerprint density at radius 3 is 1.95 bits per heavy atom. The first kappa shape index (κ1) is 15.1. The molecule has 3 rings (SSSR count). The van der Waals surface area contributed by atoms with Crippen LogP contribution < -0.4 is 0 Å². The molecule has 2 fully saturated rings. The van der Waals surface area contributed by atoms with Crippen LogP contribution in [0.5, 0.6) is 0 Å². The molecule has 0 atom stereocenters. The first-order valence-corrected chi connectivity index (χ1v) is 9.99. The number of nitrogens with zero attached hydrogens (tertiary/aromatic N) is 1. The van der Waals surface area contributed by atoms with E-state index in [0.717, 1.165) is 12.1 Å². The molecule has 0 aliphatic heterocycles. The average Bonchev–Trinajstić information content (AvgIpc) is 2.92. The van der Waals surface area contributed by atoms with E-state index in [9.17, 15) is 0 Å². The summed E-state index contributed by atoms with van der Waals surface area (Å²) in [5.74, 6) is 0. The van der Waals surface area contributed by atoms with Crippen LogP contribution in [0.2, 0.25) is 0 Å². The Labute approximate surface area is 135 Å². The normalized spacial score (nSPS) is 22.5. The zero-order chi connectivity index (χ0) is 13.8. The van der Waals surface area contributed by atoms with Crippen molar-refractivity contribution in [3.8, 4) is 0 Å². The van der Waals surface area contributed by atoms with E-state index in [1.807, 2.05) is 11.3 Å². The third-order valence-corrected chi connectivity index (χ3v) is 6.73. The Kier molecular flexibility index (Phi) is 5.58. The highest BCUT2D eigenvalue weighted by molar-refractivity contribution is 9.10. The third kappa shape index (κ3) is 3.86. The molecule has 0 radical (unpaired) electrons. The van der Waals surface area contributed by atoms with Crippen LogP contribution in [0.15, 0.2) is 15.9 Å². The van der Waals surface area contributed by atoms with E-state index in [2.05, 4.69) is 32.3 Å². The molecule has 0 spiro atoms. The summed E-state index contributed by atoms with van der Waals surface area (Å²) < 4.78 is 1.25. The highest BCUT2D eigenvalue weighted by Crippen LogP contribution is 2.32. The minimum absolute atomic E-state index is 0.854. The summed E-state index contributed by atoms with van der Waals surface area (Å²) in [6, 6.07) is 4.03. The molecule has 1 aromatic rings. The van der Waals surface area contributed by atoms with Gasteiger partial charge >= 0.3 is 0 Å². The highest BCUT2D eigenvalue weighted by atomic mass is 79.9. The highest BCUT2D eigenvalue weighted by Gasteiger charge is 2.29. The molecule has 0 saturated heterocycles. The molecular weight excluding hydrogens is 330 g/mol. The maximum Gasteiger partial charge on any atom is 0.0334 e. The number of rotatable bonds is 4. The quantitative estimate of drug-likeness (QED) is 0.642. The third-order valence-electron chi connectivity index (χ3n) is 5.05. The van der Waals surface area contributed by atoms with Gasteiger partial charge in [0.2, 0.25) is 0 Å². The summed E-state index contributed by atoms with van der Waals surface area (Å²) in [6.07, 6.45) is 14.4. The van der Waals surface area contributed by atoms with Crippen molar-refractivity contribution >= 4 is 27.3 Å². The maximum atomic E-state index is 3.61. The van der Waals surface area contributed by atoms with Crippen LogP contribution in [0.25, 0.3) is 0 Å². The van der Waals surface area contributed by atoms with E-state index in [1.54, 1.807) is 0 Å². The van der Waals surface area contributed by atoms with Crippen molar-refractivity contribution < 1.29 is 0 Å². The minimum atomic E-state index is 0.854. The maximum absolute atomic E-state index is 3.61. The Bertz CT molecular complexity index is 387. The van der Waals surface area contributed by atoms with Crippen LogP contribution in [0.3, 0.4) is 0 Å². The van der Waals surface area contributed by atoms with E-state index in [1.165, 1.54) is 80.1 Å². The predicted molar refractivity (Wildman–Crippen MR) is 91.3 cm³/mol. The SMILES string of the molecule is Brc1csc(CN(C2CCCCC2)C2CCCCC2)c1. The van der Waals surface area contributed by atoms with Crippen LogP contribution in [0.4, 0.5) is 0 Å². The zero-order valence-corrected chi connectivity index (χ0v) is 14.7. The monoisotopic (exact) mass is 355 g/mol. The van der Waals surface area contributed by atoms with Crippen LogP contribution in [0.1, 0.15) is 69.1 Å². The van der Waals surface area contributed by atoms with E-state index in [-0.39, 0.29) is 0 Å². The van der Waals surface area contributed by atoms with Crippen molar-refractivity contribution in [1.29, 1.82) is 0 Å². The molecule has 2 aliphatic carbocycles. The van der Waals surface area contributed by atoms with Gasteiger partial charge in [-0.25, -0.2) is 0 Å². The van der Waals surface area contributed by atoms with Gasteiger partial charge in [0, 0.05) is 33.4 Å². The standard InChI is InChI=1S/C17H26BrNS/c18-14-11-17(20-13-14)12-19(15-7-3-1-4-8-15)16-9-5-2-6-10-16/h11,13,15-16H,1-10,12H2. The first-order valence-electron chi connectivity index (χ1n) is 8.31. The number of thiophene rings is 1. The van der Waals surface area contributed by atoms with Crippen LogP contribution in [-0.2, 0) is 6.54 Å². The summed E-state index contributed by atoms with van der Waals surface area (Å²) in [5.41, 5.74) is 0. The lowest BCUT2D eigenvalue weighted by Crippen LogP contribution is -2.44. The molecule has 112 valence electrons. The lowest BCUT2D eigenvalue weighted by atomic mass is 9.88. The molecule has 3 heteroatoms. The summed E-state index contributed by atoms with van der Waals surface area (Å²) in [7, 11) is 0. The predicted octanol–water partition coefficient (Wildman–Crippen LogP) is 5.98. The van der Waals surface area contributed by atoms with Crippen LogP contribution in [0, 0.1) is 0 Å². The van der Waals surface area contributed by atoms with Crippen molar-refractivity contribution in [1.82, 2.24) is 4.90 Å². The first-order chi connectivity index (χ1) is 9.83. The molecular formula is C17H26BrNS. The van der Waals surface area contributed by atoms with Gasteiger partial charge in [-0.1, -0.05) is 38.5 Å². The van der Waals surface area contributed by atoms with Crippen molar-refractivity contribution in [3.05, 3.63) is 20.8 Å². The molecule has 2 aliphatic rings.